The van der Waals surface area contributed by atoms with E-state index in [0.717, 1.165) is 10.4 Å². The summed E-state index contributed by atoms with van der Waals surface area (Å²) in [6.45, 7) is 6.26. The minimum absolute atomic E-state index is 0.0990. The largest absolute Gasteiger partial charge is 0.271 e. The van der Waals surface area contributed by atoms with E-state index in [0.29, 0.717) is 13.1 Å². The van der Waals surface area contributed by atoms with Crippen LogP contribution < -0.4 is 5.43 Å². The fourth-order valence-electron chi connectivity index (χ4n) is 2.24. The van der Waals surface area contributed by atoms with Gasteiger partial charge >= 0.3 is 0 Å². The zero-order valence-corrected chi connectivity index (χ0v) is 16.0. The van der Waals surface area contributed by atoms with Crippen LogP contribution in [0.1, 0.15) is 34.6 Å². The van der Waals surface area contributed by atoms with Crippen molar-refractivity contribution in [2.75, 3.05) is 13.1 Å². The lowest BCUT2D eigenvalue weighted by atomic mass is 10.2. The molecule has 0 saturated carbocycles. The second-order valence-electron chi connectivity index (χ2n) is 5.28. The van der Waals surface area contributed by atoms with Crippen molar-refractivity contribution in [2.45, 2.75) is 25.7 Å². The summed E-state index contributed by atoms with van der Waals surface area (Å²) in [6, 6.07) is 7.94. The first-order chi connectivity index (χ1) is 11.9. The highest BCUT2D eigenvalue weighted by atomic mass is 32.2. The molecule has 0 aliphatic rings. The van der Waals surface area contributed by atoms with E-state index in [1.807, 2.05) is 18.4 Å². The number of rotatable bonds is 7. The Kier molecular flexibility index (Phi) is 6.46. The average Bonchev–Trinajstić information content (AvgIpc) is 3.01. The molecule has 1 heterocycles. The van der Waals surface area contributed by atoms with Gasteiger partial charge < -0.3 is 0 Å². The molecule has 0 spiro atoms. The van der Waals surface area contributed by atoms with Crippen molar-refractivity contribution in [1.29, 1.82) is 0 Å². The van der Waals surface area contributed by atoms with Crippen LogP contribution in [0.25, 0.3) is 0 Å². The Morgan fingerprint density at radius 2 is 2.00 bits per heavy atom. The summed E-state index contributed by atoms with van der Waals surface area (Å²) in [5.41, 5.74) is 3.75. The molecule has 0 aliphatic carbocycles. The average molecular weight is 380 g/mol. The molecule has 0 saturated heterocycles. The lowest BCUT2D eigenvalue weighted by Gasteiger charge is -2.18. The summed E-state index contributed by atoms with van der Waals surface area (Å²) in [5, 5.41) is 5.88. The Bertz CT molecular complexity index is 869. The van der Waals surface area contributed by atoms with E-state index in [1.165, 1.54) is 27.8 Å². The van der Waals surface area contributed by atoms with E-state index in [2.05, 4.69) is 10.5 Å². The topological polar surface area (TPSA) is 78.8 Å². The summed E-state index contributed by atoms with van der Waals surface area (Å²) in [6.07, 6.45) is 1.58. The maximum Gasteiger partial charge on any atom is 0.271 e. The molecule has 0 bridgehead atoms. The van der Waals surface area contributed by atoms with Crippen LogP contribution in [0.2, 0.25) is 0 Å². The van der Waals surface area contributed by atoms with Crippen molar-refractivity contribution in [3.63, 3.8) is 0 Å². The molecule has 8 heteroatoms. The fourth-order valence-corrected chi connectivity index (χ4v) is 4.53. The molecule has 0 atom stereocenters. The molecule has 0 aliphatic heterocycles. The number of carbonyl (C=O) groups excluding carboxylic acids is 1. The Morgan fingerprint density at radius 1 is 1.28 bits per heavy atom. The van der Waals surface area contributed by atoms with E-state index >= 15 is 0 Å². The first-order valence-corrected chi connectivity index (χ1v) is 10.2. The predicted octanol–water partition coefficient (Wildman–Crippen LogP) is 2.85. The Labute approximate surface area is 152 Å². The monoisotopic (exact) mass is 379 g/mol. The van der Waals surface area contributed by atoms with Crippen LogP contribution in [0.3, 0.4) is 0 Å². The Balaban J connectivity index is 2.16. The summed E-state index contributed by atoms with van der Waals surface area (Å²) < 4.78 is 26.4. The predicted molar refractivity (Wildman–Crippen MR) is 101 cm³/mol. The lowest BCUT2D eigenvalue weighted by molar-refractivity contribution is 0.0955. The molecule has 1 amide bonds. The molecule has 1 aromatic carbocycles. The van der Waals surface area contributed by atoms with Crippen LogP contribution >= 0.6 is 11.3 Å². The van der Waals surface area contributed by atoms with Gasteiger partial charge in [0.15, 0.2) is 0 Å². The van der Waals surface area contributed by atoms with Crippen molar-refractivity contribution in [1.82, 2.24) is 9.73 Å². The highest BCUT2D eigenvalue weighted by Gasteiger charge is 2.22. The molecule has 2 aromatic rings. The van der Waals surface area contributed by atoms with Gasteiger partial charge in [-0.15, -0.1) is 11.3 Å². The normalized spacial score (nSPS) is 12.0. The van der Waals surface area contributed by atoms with Gasteiger partial charge in [-0.1, -0.05) is 19.9 Å². The first-order valence-electron chi connectivity index (χ1n) is 7.87. The zero-order valence-electron chi connectivity index (χ0n) is 14.4. The smallest absolute Gasteiger partial charge is 0.267 e. The van der Waals surface area contributed by atoms with Gasteiger partial charge in [0.2, 0.25) is 10.0 Å². The fraction of sp³-hybridized carbons (Fsp3) is 0.294. The van der Waals surface area contributed by atoms with Crippen molar-refractivity contribution < 1.29 is 13.2 Å². The number of thiophene rings is 1. The van der Waals surface area contributed by atoms with Gasteiger partial charge in [0.25, 0.3) is 5.91 Å². The second-order valence-corrected chi connectivity index (χ2v) is 8.17. The number of carbonyl (C=O) groups is 1. The third-order valence-corrected chi connectivity index (χ3v) is 6.69. The van der Waals surface area contributed by atoms with E-state index in [1.54, 1.807) is 32.2 Å². The zero-order chi connectivity index (χ0) is 18.4. The van der Waals surface area contributed by atoms with Gasteiger partial charge in [-0.2, -0.15) is 9.41 Å². The SMILES string of the molecule is CCN(CC)S(=O)(=O)c1cccc(C(=O)N/N=C\c2sccc2C)c1. The Hall–Kier alpha value is -2.03. The van der Waals surface area contributed by atoms with E-state index in [-0.39, 0.29) is 10.5 Å². The molecule has 0 unspecified atom stereocenters. The third-order valence-electron chi connectivity index (χ3n) is 3.69. The first kappa shape index (κ1) is 19.3. The number of nitrogens with zero attached hydrogens (tertiary/aromatic N) is 2. The van der Waals surface area contributed by atoms with E-state index in [4.69, 9.17) is 0 Å². The highest BCUT2D eigenvalue weighted by Crippen LogP contribution is 2.17. The van der Waals surface area contributed by atoms with E-state index in [9.17, 15) is 13.2 Å². The number of nitrogens with one attached hydrogen (secondary N) is 1. The van der Waals surface area contributed by atoms with Crippen LogP contribution in [0.4, 0.5) is 0 Å². The molecule has 0 radical (unpaired) electrons. The molecule has 1 N–H and O–H groups in total. The molecule has 0 fully saturated rings. The highest BCUT2D eigenvalue weighted by molar-refractivity contribution is 7.89. The number of amides is 1. The van der Waals surface area contributed by atoms with Gasteiger partial charge in [0.05, 0.1) is 11.1 Å². The van der Waals surface area contributed by atoms with Gasteiger partial charge in [-0.25, -0.2) is 13.8 Å². The summed E-state index contributed by atoms with van der Waals surface area (Å²) >= 11 is 1.53. The number of aryl methyl sites for hydroxylation is 1. The molecule has 25 heavy (non-hydrogen) atoms. The lowest BCUT2D eigenvalue weighted by Crippen LogP contribution is -2.30. The number of hydrogen-bond acceptors (Lipinski definition) is 5. The maximum atomic E-state index is 12.5. The van der Waals surface area contributed by atoms with Crippen LogP contribution in [0, 0.1) is 6.92 Å². The summed E-state index contributed by atoms with van der Waals surface area (Å²) in [7, 11) is -3.60. The van der Waals surface area contributed by atoms with Crippen molar-refractivity contribution in [3.8, 4) is 0 Å². The number of hydrogen-bond donors (Lipinski definition) is 1. The van der Waals surface area contributed by atoms with Gasteiger partial charge in [0.1, 0.15) is 0 Å². The van der Waals surface area contributed by atoms with Crippen LogP contribution in [0.5, 0.6) is 0 Å². The molecule has 6 nitrogen and oxygen atoms in total. The summed E-state index contributed by atoms with van der Waals surface area (Å²) in [4.78, 5) is 13.3. The maximum absolute atomic E-state index is 12.5. The molecule has 2 rings (SSSR count). The van der Waals surface area contributed by atoms with Crippen LogP contribution in [0.15, 0.2) is 45.7 Å². The van der Waals surface area contributed by atoms with Crippen molar-refractivity contribution in [2.24, 2.45) is 5.10 Å². The molecular formula is C17H21N3O3S2. The van der Waals surface area contributed by atoms with Crippen LogP contribution in [-0.2, 0) is 10.0 Å². The number of sulfonamides is 1. The van der Waals surface area contributed by atoms with Gasteiger partial charge in [0, 0.05) is 23.5 Å². The minimum Gasteiger partial charge on any atom is -0.267 e. The third kappa shape index (κ3) is 4.53. The van der Waals surface area contributed by atoms with E-state index < -0.39 is 15.9 Å². The number of hydrazone groups is 1. The quantitative estimate of drug-likeness (QED) is 0.593. The molecule has 1 aromatic heterocycles. The van der Waals surface area contributed by atoms with Gasteiger partial charge in [-0.3, -0.25) is 4.79 Å². The standard InChI is InChI=1S/C17H21N3O3S2/c1-4-20(5-2)25(22,23)15-8-6-7-14(11-15)17(21)19-18-12-16-13(3)9-10-24-16/h6-12H,4-5H2,1-3H3,(H,19,21)/b18-12-. The minimum atomic E-state index is -3.60. The van der Waals surface area contributed by atoms with Crippen molar-refractivity contribution in [3.05, 3.63) is 51.7 Å². The molecule has 134 valence electrons. The summed E-state index contributed by atoms with van der Waals surface area (Å²) in [5.74, 6) is -0.456. The number of benzene rings is 1. The van der Waals surface area contributed by atoms with Gasteiger partial charge in [-0.05, 0) is 42.1 Å². The second kappa shape index (κ2) is 8.37. The molecular weight excluding hydrogens is 358 g/mol. The Morgan fingerprint density at radius 3 is 2.60 bits per heavy atom. The van der Waals surface area contributed by atoms with Crippen molar-refractivity contribution >= 4 is 33.5 Å². The van der Waals surface area contributed by atoms with Crippen LogP contribution in [-0.4, -0.2) is 37.9 Å².